The van der Waals surface area contributed by atoms with E-state index in [1.807, 2.05) is 23.1 Å². The summed E-state index contributed by atoms with van der Waals surface area (Å²) in [6.45, 7) is 4.06. The standard InChI is InChI=1S/C17H20ClN5O/c18-13-2-1-3-14-12(13)8-20-16(21-14)23-10-17(24-15(23)19)9-22-6-4-11(17)5-7-22/h1-3,8,11,15H,4-7,9-10,19H2. The summed E-state index contributed by atoms with van der Waals surface area (Å²) >= 11 is 6.21. The molecule has 126 valence electrons. The molecular formula is C17H20ClN5O. The highest BCUT2D eigenvalue weighted by atomic mass is 35.5. The molecule has 4 aliphatic heterocycles. The molecule has 1 spiro atoms. The third-order valence-corrected chi connectivity index (χ3v) is 6.07. The number of nitrogens with zero attached hydrogens (tertiary/aromatic N) is 4. The van der Waals surface area contributed by atoms with Crippen molar-refractivity contribution in [1.82, 2.24) is 14.9 Å². The molecule has 24 heavy (non-hydrogen) atoms. The molecule has 1 aromatic heterocycles. The minimum Gasteiger partial charge on any atom is -0.335 e. The van der Waals surface area contributed by atoms with Crippen molar-refractivity contribution in [3.63, 3.8) is 0 Å². The van der Waals surface area contributed by atoms with Crippen molar-refractivity contribution in [3.05, 3.63) is 29.4 Å². The Morgan fingerprint density at radius 1 is 1.25 bits per heavy atom. The van der Waals surface area contributed by atoms with E-state index in [2.05, 4.69) is 14.9 Å². The molecule has 2 N–H and O–H groups in total. The van der Waals surface area contributed by atoms with Gasteiger partial charge in [-0.25, -0.2) is 9.97 Å². The number of ether oxygens (including phenoxy) is 1. The van der Waals surface area contributed by atoms with Crippen LogP contribution in [-0.4, -0.2) is 53.0 Å². The van der Waals surface area contributed by atoms with Crippen molar-refractivity contribution in [1.29, 1.82) is 0 Å². The van der Waals surface area contributed by atoms with E-state index in [4.69, 9.17) is 22.1 Å². The molecule has 6 nitrogen and oxygen atoms in total. The zero-order chi connectivity index (χ0) is 16.3. The number of rotatable bonds is 1. The molecule has 2 aromatic rings. The van der Waals surface area contributed by atoms with Crippen molar-refractivity contribution in [2.75, 3.05) is 31.1 Å². The topological polar surface area (TPSA) is 67.5 Å². The second kappa shape index (κ2) is 5.26. The Bertz CT molecular complexity index is 794. The predicted molar refractivity (Wildman–Crippen MR) is 92.8 cm³/mol. The van der Waals surface area contributed by atoms with Gasteiger partial charge in [-0.1, -0.05) is 17.7 Å². The average Bonchev–Trinajstić information content (AvgIpc) is 2.92. The van der Waals surface area contributed by atoms with Gasteiger partial charge in [-0.3, -0.25) is 10.6 Å². The maximum Gasteiger partial charge on any atom is 0.229 e. The number of piperidine rings is 3. The monoisotopic (exact) mass is 345 g/mol. The Labute approximate surface area is 145 Å². The fourth-order valence-corrected chi connectivity index (χ4v) is 4.71. The van der Waals surface area contributed by atoms with Crippen LogP contribution in [0, 0.1) is 5.92 Å². The molecule has 1 aromatic carbocycles. The molecule has 6 rings (SSSR count). The van der Waals surface area contributed by atoms with Crippen molar-refractivity contribution < 1.29 is 4.74 Å². The zero-order valence-corrected chi connectivity index (χ0v) is 14.1. The van der Waals surface area contributed by atoms with E-state index in [0.29, 0.717) is 16.9 Å². The van der Waals surface area contributed by atoms with Gasteiger partial charge in [-0.2, -0.15) is 0 Å². The highest BCUT2D eigenvalue weighted by Crippen LogP contribution is 2.43. The van der Waals surface area contributed by atoms with Crippen LogP contribution in [0.15, 0.2) is 24.4 Å². The van der Waals surface area contributed by atoms with Gasteiger partial charge in [0.25, 0.3) is 0 Å². The number of hydrogen-bond donors (Lipinski definition) is 1. The van der Waals surface area contributed by atoms with Crippen LogP contribution < -0.4 is 10.6 Å². The van der Waals surface area contributed by atoms with Crippen LogP contribution in [0.4, 0.5) is 5.95 Å². The van der Waals surface area contributed by atoms with Crippen LogP contribution in [0.3, 0.4) is 0 Å². The summed E-state index contributed by atoms with van der Waals surface area (Å²) in [5.74, 6) is 1.19. The van der Waals surface area contributed by atoms with Crippen LogP contribution >= 0.6 is 11.6 Å². The molecule has 0 amide bonds. The third kappa shape index (κ3) is 2.14. The fraction of sp³-hybridized carbons (Fsp3) is 0.529. The molecular weight excluding hydrogens is 326 g/mol. The van der Waals surface area contributed by atoms with E-state index < -0.39 is 6.35 Å². The van der Waals surface area contributed by atoms with Crippen LogP contribution in [0.1, 0.15) is 12.8 Å². The largest absolute Gasteiger partial charge is 0.335 e. The number of benzene rings is 1. The molecule has 5 heterocycles. The van der Waals surface area contributed by atoms with E-state index in [9.17, 15) is 0 Å². The first-order valence-electron chi connectivity index (χ1n) is 8.48. The van der Waals surface area contributed by atoms with Gasteiger partial charge < -0.3 is 9.64 Å². The molecule has 4 saturated heterocycles. The summed E-state index contributed by atoms with van der Waals surface area (Å²) in [6.07, 6.45) is 3.65. The van der Waals surface area contributed by atoms with Crippen LogP contribution in [0.5, 0.6) is 0 Å². The number of aromatic nitrogens is 2. The molecule has 0 aliphatic carbocycles. The van der Waals surface area contributed by atoms with E-state index >= 15 is 0 Å². The molecule has 0 radical (unpaired) electrons. The van der Waals surface area contributed by atoms with Gasteiger partial charge in [0.05, 0.1) is 17.1 Å². The molecule has 2 atom stereocenters. The van der Waals surface area contributed by atoms with Crippen molar-refractivity contribution >= 4 is 28.5 Å². The summed E-state index contributed by atoms with van der Waals surface area (Å²) in [5, 5.41) is 1.52. The Morgan fingerprint density at radius 3 is 2.83 bits per heavy atom. The number of halogens is 1. The van der Waals surface area contributed by atoms with Crippen LogP contribution in [0.2, 0.25) is 5.02 Å². The summed E-state index contributed by atoms with van der Waals surface area (Å²) in [7, 11) is 0. The Hall–Kier alpha value is -1.47. The minimum absolute atomic E-state index is 0.178. The highest BCUT2D eigenvalue weighted by molar-refractivity contribution is 6.35. The van der Waals surface area contributed by atoms with E-state index in [1.165, 1.54) is 25.9 Å². The SMILES string of the molecule is NC1OC2(CN3CCC2CC3)CN1c1ncc2c(Cl)cccc2n1. The van der Waals surface area contributed by atoms with E-state index in [1.54, 1.807) is 6.20 Å². The number of fused-ring (bicyclic) bond motifs is 3. The molecule has 4 fully saturated rings. The van der Waals surface area contributed by atoms with Gasteiger partial charge >= 0.3 is 0 Å². The fourth-order valence-electron chi connectivity index (χ4n) is 4.49. The van der Waals surface area contributed by atoms with E-state index in [0.717, 1.165) is 24.0 Å². The Kier molecular flexibility index (Phi) is 3.25. The van der Waals surface area contributed by atoms with Gasteiger partial charge in [-0.05, 0) is 44.0 Å². The number of hydrogen-bond acceptors (Lipinski definition) is 6. The lowest BCUT2D eigenvalue weighted by molar-refractivity contribution is -0.137. The summed E-state index contributed by atoms with van der Waals surface area (Å²) in [4.78, 5) is 13.6. The predicted octanol–water partition coefficient (Wildman–Crippen LogP) is 1.83. The van der Waals surface area contributed by atoms with Crippen molar-refractivity contribution in [2.24, 2.45) is 11.7 Å². The molecule has 2 unspecified atom stereocenters. The zero-order valence-electron chi connectivity index (χ0n) is 13.4. The third-order valence-electron chi connectivity index (χ3n) is 5.74. The van der Waals surface area contributed by atoms with Gasteiger partial charge in [0, 0.05) is 18.1 Å². The van der Waals surface area contributed by atoms with Crippen LogP contribution in [0.25, 0.3) is 10.9 Å². The maximum absolute atomic E-state index is 6.30. The van der Waals surface area contributed by atoms with E-state index in [-0.39, 0.29) is 5.60 Å². The van der Waals surface area contributed by atoms with Crippen molar-refractivity contribution in [3.8, 4) is 0 Å². The second-order valence-electron chi connectivity index (χ2n) is 7.09. The Balaban J connectivity index is 1.49. The summed E-state index contributed by atoms with van der Waals surface area (Å²) in [6, 6.07) is 5.69. The summed E-state index contributed by atoms with van der Waals surface area (Å²) < 4.78 is 6.28. The number of nitrogens with two attached hydrogens (primary N) is 1. The van der Waals surface area contributed by atoms with Crippen LogP contribution in [-0.2, 0) is 4.74 Å². The normalized spacial score (nSPS) is 35.2. The lowest BCUT2D eigenvalue weighted by Crippen LogP contribution is -2.61. The second-order valence-corrected chi connectivity index (χ2v) is 7.50. The average molecular weight is 346 g/mol. The van der Waals surface area contributed by atoms with Gasteiger partial charge in [0.15, 0.2) is 6.35 Å². The van der Waals surface area contributed by atoms with Gasteiger partial charge in [0.2, 0.25) is 5.95 Å². The molecule has 7 heteroatoms. The lowest BCUT2D eigenvalue weighted by Gasteiger charge is -2.50. The van der Waals surface area contributed by atoms with Crippen molar-refractivity contribution in [2.45, 2.75) is 24.8 Å². The van der Waals surface area contributed by atoms with Gasteiger partial charge in [0.1, 0.15) is 5.60 Å². The quantitative estimate of drug-likeness (QED) is 0.850. The first-order valence-corrected chi connectivity index (χ1v) is 8.86. The number of anilines is 1. The molecule has 4 aliphatic rings. The summed E-state index contributed by atoms with van der Waals surface area (Å²) in [5.41, 5.74) is 6.95. The first kappa shape index (κ1) is 14.8. The maximum atomic E-state index is 6.30. The molecule has 0 saturated carbocycles. The molecule has 2 bridgehead atoms. The Morgan fingerprint density at radius 2 is 2.08 bits per heavy atom. The first-order chi connectivity index (χ1) is 11.6. The smallest absolute Gasteiger partial charge is 0.229 e. The lowest BCUT2D eigenvalue weighted by atomic mass is 9.75. The van der Waals surface area contributed by atoms with Gasteiger partial charge in [-0.15, -0.1) is 0 Å². The minimum atomic E-state index is -0.498. The highest BCUT2D eigenvalue weighted by Gasteiger charge is 2.54.